The molecule has 0 saturated carbocycles. The molecule has 0 spiro atoms. The standard InChI is InChI=1S/C28H33ClN4O5S.C2H6.CH5N/c1-2-36-28(35)32-10-8-20(9-11-32)30-24-15-19(29)14-23-26(24)31-25(17-34)27(23)39-33-12-13-37-22(16-33)18-38-21-6-4-3-5-7-21;2*1-2/h3-7,14-15,17,20,22,30-31H,2,8-13,16,18H2,1H3;1-2H3;2H2,1H3. The van der Waals surface area contributed by atoms with Gasteiger partial charge in [-0.3, -0.25) is 4.79 Å². The summed E-state index contributed by atoms with van der Waals surface area (Å²) in [5, 5.41) is 5.07. The number of para-hydroxylation sites is 1. The van der Waals surface area contributed by atoms with Gasteiger partial charge in [-0.05, 0) is 63.0 Å². The first kappa shape index (κ1) is 34.5. The van der Waals surface area contributed by atoms with Crippen LogP contribution in [0.4, 0.5) is 10.5 Å². The van der Waals surface area contributed by atoms with E-state index in [1.807, 2.05) is 63.2 Å². The molecule has 2 aromatic carbocycles. The van der Waals surface area contributed by atoms with E-state index in [1.165, 1.54) is 19.0 Å². The van der Waals surface area contributed by atoms with E-state index < -0.39 is 0 Å². The molecule has 1 atom stereocenters. The minimum Gasteiger partial charge on any atom is -0.491 e. The van der Waals surface area contributed by atoms with Crippen molar-refractivity contribution in [2.24, 2.45) is 5.73 Å². The number of aromatic nitrogens is 1. The zero-order valence-electron chi connectivity index (χ0n) is 25.4. The van der Waals surface area contributed by atoms with Crippen LogP contribution < -0.4 is 15.8 Å². The van der Waals surface area contributed by atoms with Gasteiger partial charge in [0, 0.05) is 42.6 Å². The molecule has 2 saturated heterocycles. The maximum absolute atomic E-state index is 12.1. The molecular weight excluding hydrogens is 590 g/mol. The maximum atomic E-state index is 12.1. The fraction of sp³-hybridized carbons (Fsp3) is 0.484. The highest BCUT2D eigenvalue weighted by molar-refractivity contribution is 7.97. The molecule has 2 aliphatic heterocycles. The van der Waals surface area contributed by atoms with Crippen LogP contribution in [0.3, 0.4) is 0 Å². The van der Waals surface area contributed by atoms with Crippen LogP contribution in [-0.2, 0) is 9.47 Å². The fourth-order valence-electron chi connectivity index (χ4n) is 4.90. The molecule has 10 nitrogen and oxygen atoms in total. The highest BCUT2D eigenvalue weighted by Gasteiger charge is 2.27. The Labute approximate surface area is 263 Å². The lowest BCUT2D eigenvalue weighted by atomic mass is 10.0. The van der Waals surface area contributed by atoms with Crippen molar-refractivity contribution in [3.63, 3.8) is 0 Å². The molecule has 0 radical (unpaired) electrons. The number of halogens is 1. The molecule has 2 aliphatic rings. The van der Waals surface area contributed by atoms with E-state index >= 15 is 0 Å². The second kappa shape index (κ2) is 18.0. The number of anilines is 1. The summed E-state index contributed by atoms with van der Waals surface area (Å²) in [4.78, 5) is 30.0. The number of nitrogens with two attached hydrogens (primary N) is 1. The quantitative estimate of drug-likeness (QED) is 0.191. The van der Waals surface area contributed by atoms with Gasteiger partial charge in [0.15, 0.2) is 6.29 Å². The van der Waals surface area contributed by atoms with Crippen LogP contribution in [0.5, 0.6) is 5.75 Å². The number of aldehydes is 1. The van der Waals surface area contributed by atoms with Gasteiger partial charge in [0.2, 0.25) is 0 Å². The Morgan fingerprint density at radius 1 is 1.19 bits per heavy atom. The van der Waals surface area contributed by atoms with Crippen LogP contribution in [0.25, 0.3) is 10.9 Å². The average Bonchev–Trinajstić information content (AvgIpc) is 3.40. The van der Waals surface area contributed by atoms with Gasteiger partial charge in [-0.15, -0.1) is 0 Å². The number of carbonyl (C=O) groups is 2. The zero-order chi connectivity index (χ0) is 31.2. The Balaban J connectivity index is 0.00000121. The maximum Gasteiger partial charge on any atom is 0.409 e. The smallest absolute Gasteiger partial charge is 0.409 e. The number of hydrogen-bond acceptors (Lipinski definition) is 9. The van der Waals surface area contributed by atoms with Gasteiger partial charge < -0.3 is 35.1 Å². The van der Waals surface area contributed by atoms with E-state index in [0.29, 0.717) is 50.2 Å². The highest BCUT2D eigenvalue weighted by atomic mass is 35.5. The van der Waals surface area contributed by atoms with E-state index in [0.717, 1.165) is 52.9 Å². The van der Waals surface area contributed by atoms with Gasteiger partial charge in [-0.1, -0.05) is 43.6 Å². The topological polar surface area (TPSA) is 122 Å². The molecule has 3 heterocycles. The van der Waals surface area contributed by atoms with E-state index in [2.05, 4.69) is 20.3 Å². The van der Waals surface area contributed by atoms with Gasteiger partial charge in [0.25, 0.3) is 0 Å². The largest absolute Gasteiger partial charge is 0.491 e. The summed E-state index contributed by atoms with van der Waals surface area (Å²) < 4.78 is 19.2. The second-order valence-corrected chi connectivity index (χ2v) is 11.1. The van der Waals surface area contributed by atoms with Gasteiger partial charge in [0.1, 0.15) is 18.5 Å². The van der Waals surface area contributed by atoms with Crippen LogP contribution in [0, 0.1) is 0 Å². The summed E-state index contributed by atoms with van der Waals surface area (Å²) in [6.07, 6.45) is 2.08. The number of nitrogens with one attached hydrogen (secondary N) is 2. The predicted molar refractivity (Wildman–Crippen MR) is 175 cm³/mol. The van der Waals surface area contributed by atoms with E-state index in [9.17, 15) is 9.59 Å². The first-order chi connectivity index (χ1) is 21.0. The molecule has 1 aromatic heterocycles. The molecule has 0 aliphatic carbocycles. The first-order valence-corrected chi connectivity index (χ1v) is 16.0. The number of nitrogens with zero attached hydrogens (tertiary/aromatic N) is 2. The Bertz CT molecular complexity index is 1290. The molecule has 43 heavy (non-hydrogen) atoms. The summed E-state index contributed by atoms with van der Waals surface area (Å²) in [6, 6.07) is 13.6. The number of morpholine rings is 1. The number of likely N-dealkylation sites (tertiary alicyclic amines) is 1. The number of ether oxygens (including phenoxy) is 3. The van der Waals surface area contributed by atoms with Crippen LogP contribution in [0.15, 0.2) is 47.4 Å². The number of fused-ring (bicyclic) bond motifs is 1. The molecule has 12 heteroatoms. The Kier molecular flexibility index (Phi) is 14.4. The Hall–Kier alpha value is -2.96. The minimum absolute atomic E-state index is 0.0855. The lowest BCUT2D eigenvalue weighted by molar-refractivity contribution is -0.0224. The summed E-state index contributed by atoms with van der Waals surface area (Å²) in [5.41, 5.74) is 6.70. The minimum atomic E-state index is -0.264. The third-order valence-electron chi connectivity index (χ3n) is 6.85. The molecule has 5 rings (SSSR count). The van der Waals surface area contributed by atoms with E-state index in [4.69, 9.17) is 25.8 Å². The van der Waals surface area contributed by atoms with Crippen LogP contribution in [-0.4, -0.2) is 91.8 Å². The van der Waals surface area contributed by atoms with Crippen LogP contribution in [0.1, 0.15) is 44.1 Å². The Morgan fingerprint density at radius 2 is 1.91 bits per heavy atom. The molecule has 1 amide bonds. The molecule has 0 bridgehead atoms. The summed E-state index contributed by atoms with van der Waals surface area (Å²) in [5.74, 6) is 0.812. The number of piperidine rings is 1. The number of amides is 1. The molecule has 236 valence electrons. The first-order valence-electron chi connectivity index (χ1n) is 14.8. The SMILES string of the molecule is CC.CCOC(=O)N1CCC(Nc2cc(Cl)cc3c(SN4CCOC(COc5ccccc5)C4)c(C=O)[nH]c23)CC1.CN. The molecule has 3 aromatic rings. The van der Waals surface area contributed by atoms with E-state index in [-0.39, 0.29) is 18.2 Å². The number of hydrogen-bond donors (Lipinski definition) is 3. The summed E-state index contributed by atoms with van der Waals surface area (Å²) >= 11 is 8.10. The third kappa shape index (κ3) is 9.51. The summed E-state index contributed by atoms with van der Waals surface area (Å²) in [6.45, 7) is 9.84. The van der Waals surface area contributed by atoms with Crippen molar-refractivity contribution in [2.75, 3.05) is 58.4 Å². The lowest BCUT2D eigenvalue weighted by Gasteiger charge is -2.32. The predicted octanol–water partition coefficient (Wildman–Crippen LogP) is 6.05. The third-order valence-corrected chi connectivity index (χ3v) is 8.28. The van der Waals surface area contributed by atoms with E-state index in [1.54, 1.807) is 4.90 Å². The number of rotatable bonds is 9. The van der Waals surface area contributed by atoms with Gasteiger partial charge >= 0.3 is 6.09 Å². The van der Waals surface area contributed by atoms with Crippen molar-refractivity contribution in [3.8, 4) is 5.75 Å². The molecule has 1 unspecified atom stereocenters. The van der Waals surface area contributed by atoms with Gasteiger partial charge in [0.05, 0.1) is 35.0 Å². The number of H-pyrrole nitrogens is 1. The Morgan fingerprint density at radius 3 is 2.58 bits per heavy atom. The van der Waals surface area contributed by atoms with Crippen molar-refractivity contribution in [1.82, 2.24) is 14.2 Å². The van der Waals surface area contributed by atoms with Gasteiger partial charge in [-0.25, -0.2) is 9.10 Å². The second-order valence-electron chi connectivity index (χ2n) is 9.56. The summed E-state index contributed by atoms with van der Waals surface area (Å²) in [7, 11) is 1.50. The number of benzene rings is 2. The molecule has 4 N–H and O–H groups in total. The average molecular weight is 634 g/mol. The van der Waals surface area contributed by atoms with Crippen molar-refractivity contribution in [2.45, 2.75) is 50.7 Å². The van der Waals surface area contributed by atoms with Crippen LogP contribution in [0.2, 0.25) is 5.02 Å². The molecular formula is C31H44ClN5O5S. The van der Waals surface area contributed by atoms with Crippen molar-refractivity contribution >= 4 is 52.5 Å². The van der Waals surface area contributed by atoms with Crippen LogP contribution >= 0.6 is 23.5 Å². The van der Waals surface area contributed by atoms with Crippen molar-refractivity contribution < 1.29 is 23.8 Å². The molecule has 2 fully saturated rings. The van der Waals surface area contributed by atoms with Gasteiger partial charge in [-0.2, -0.15) is 0 Å². The zero-order valence-corrected chi connectivity index (χ0v) is 27.0. The van der Waals surface area contributed by atoms with Crippen molar-refractivity contribution in [3.05, 3.63) is 53.2 Å². The number of aromatic amines is 1. The monoisotopic (exact) mass is 633 g/mol. The van der Waals surface area contributed by atoms with Crippen molar-refractivity contribution in [1.29, 1.82) is 0 Å². The number of carbonyl (C=O) groups excluding carboxylic acids is 2. The fourth-order valence-corrected chi connectivity index (χ4v) is 6.24. The highest BCUT2D eigenvalue weighted by Crippen LogP contribution is 2.39. The lowest BCUT2D eigenvalue weighted by Crippen LogP contribution is -2.42. The normalized spacial score (nSPS) is 17.3.